The minimum absolute atomic E-state index is 0.586. The van der Waals surface area contributed by atoms with Crippen LogP contribution in [0.1, 0.15) is 38.7 Å². The zero-order valence-electron chi connectivity index (χ0n) is 15.9. The summed E-state index contributed by atoms with van der Waals surface area (Å²) in [6, 6.07) is 13.7. The minimum atomic E-state index is 0.586. The molecule has 0 amide bonds. The van der Waals surface area contributed by atoms with E-state index in [-0.39, 0.29) is 0 Å². The molecule has 6 nitrogen and oxygen atoms in total. The Bertz CT molecular complexity index is 856. The fourth-order valence-corrected chi connectivity index (χ4v) is 2.70. The second kappa shape index (κ2) is 9.62. The van der Waals surface area contributed by atoms with E-state index in [0.717, 1.165) is 34.5 Å². The Morgan fingerprint density at radius 3 is 2.78 bits per heavy atom. The molecule has 0 saturated heterocycles. The molecule has 0 unspecified atom stereocenters. The van der Waals surface area contributed by atoms with E-state index in [4.69, 9.17) is 9.47 Å². The third-order valence-corrected chi connectivity index (χ3v) is 4.05. The molecule has 0 fully saturated rings. The summed E-state index contributed by atoms with van der Waals surface area (Å²) in [5.74, 6) is 2.12. The largest absolute Gasteiger partial charge is 0.490 e. The molecule has 0 bridgehead atoms. The van der Waals surface area contributed by atoms with Gasteiger partial charge in [0, 0.05) is 0 Å². The summed E-state index contributed by atoms with van der Waals surface area (Å²) in [6.45, 7) is 5.43. The predicted molar refractivity (Wildman–Crippen MR) is 110 cm³/mol. The van der Waals surface area contributed by atoms with E-state index in [0.29, 0.717) is 19.2 Å². The molecule has 1 aromatic heterocycles. The summed E-state index contributed by atoms with van der Waals surface area (Å²) in [5.41, 5.74) is 5.72. The van der Waals surface area contributed by atoms with Crippen molar-refractivity contribution in [3.63, 3.8) is 0 Å². The molecule has 0 aliphatic rings. The summed E-state index contributed by atoms with van der Waals surface area (Å²) >= 11 is 0. The van der Waals surface area contributed by atoms with Gasteiger partial charge >= 0.3 is 0 Å². The SMILES string of the molecule is CCCCCOc1ccc(/C=N\Nc2nc3ccccc3[nH]2)cc1OCC. The number of fused-ring (bicyclic) bond motifs is 1. The number of ether oxygens (including phenoxy) is 2. The molecule has 0 saturated carbocycles. The number of aromatic amines is 1. The van der Waals surface area contributed by atoms with Crippen LogP contribution in [0.3, 0.4) is 0 Å². The van der Waals surface area contributed by atoms with Crippen LogP contribution < -0.4 is 14.9 Å². The maximum Gasteiger partial charge on any atom is 0.222 e. The molecule has 2 aromatic carbocycles. The average molecular weight is 366 g/mol. The number of hydrazone groups is 1. The Morgan fingerprint density at radius 1 is 1.07 bits per heavy atom. The highest BCUT2D eigenvalue weighted by atomic mass is 16.5. The van der Waals surface area contributed by atoms with Crippen LogP contribution in [-0.2, 0) is 0 Å². The first kappa shape index (κ1) is 18.8. The third kappa shape index (κ3) is 5.23. The smallest absolute Gasteiger partial charge is 0.222 e. The lowest BCUT2D eigenvalue weighted by molar-refractivity contribution is 0.271. The van der Waals surface area contributed by atoms with Gasteiger partial charge < -0.3 is 14.5 Å². The van der Waals surface area contributed by atoms with Gasteiger partial charge in [0.25, 0.3) is 0 Å². The fourth-order valence-electron chi connectivity index (χ4n) is 2.70. The Balaban J connectivity index is 1.64. The normalized spacial score (nSPS) is 11.2. The standard InChI is InChI=1S/C21H26N4O2/c1-3-5-8-13-27-19-12-11-16(14-20(19)26-4-2)15-22-25-21-23-17-9-6-7-10-18(17)24-21/h6-7,9-12,14-15H,3-5,8,13H2,1-2H3,(H2,23,24,25)/b22-15-. The van der Waals surface area contributed by atoms with Crippen molar-refractivity contribution >= 4 is 23.2 Å². The van der Waals surface area contributed by atoms with Crippen molar-refractivity contribution < 1.29 is 9.47 Å². The minimum Gasteiger partial charge on any atom is -0.490 e. The van der Waals surface area contributed by atoms with Crippen molar-refractivity contribution in [1.29, 1.82) is 0 Å². The molecule has 27 heavy (non-hydrogen) atoms. The van der Waals surface area contributed by atoms with Gasteiger partial charge in [-0.25, -0.2) is 10.4 Å². The van der Waals surface area contributed by atoms with Crippen molar-refractivity contribution in [1.82, 2.24) is 9.97 Å². The average Bonchev–Trinajstić information content (AvgIpc) is 3.09. The fraction of sp³-hybridized carbons (Fsp3) is 0.333. The molecular formula is C21H26N4O2. The molecule has 0 spiro atoms. The molecule has 2 N–H and O–H groups in total. The molecular weight excluding hydrogens is 340 g/mol. The van der Waals surface area contributed by atoms with Crippen LogP contribution in [0.25, 0.3) is 11.0 Å². The number of rotatable bonds is 10. The van der Waals surface area contributed by atoms with Gasteiger partial charge in [-0.2, -0.15) is 5.10 Å². The number of para-hydroxylation sites is 2. The van der Waals surface area contributed by atoms with E-state index in [9.17, 15) is 0 Å². The summed E-state index contributed by atoms with van der Waals surface area (Å²) in [4.78, 5) is 7.60. The van der Waals surface area contributed by atoms with E-state index in [1.165, 1.54) is 12.8 Å². The second-order valence-corrected chi connectivity index (χ2v) is 6.17. The molecule has 6 heteroatoms. The van der Waals surface area contributed by atoms with Crippen molar-refractivity contribution in [2.75, 3.05) is 18.6 Å². The van der Waals surface area contributed by atoms with E-state index < -0.39 is 0 Å². The molecule has 1 heterocycles. The third-order valence-electron chi connectivity index (χ3n) is 4.05. The van der Waals surface area contributed by atoms with Crippen LogP contribution in [0.4, 0.5) is 5.95 Å². The van der Waals surface area contributed by atoms with Crippen LogP contribution in [0.2, 0.25) is 0 Å². The quantitative estimate of drug-likeness (QED) is 0.302. The van der Waals surface area contributed by atoms with E-state index in [1.807, 2.05) is 49.4 Å². The topological polar surface area (TPSA) is 71.5 Å². The van der Waals surface area contributed by atoms with Crippen molar-refractivity contribution in [3.8, 4) is 11.5 Å². The van der Waals surface area contributed by atoms with Crippen LogP contribution in [-0.4, -0.2) is 29.4 Å². The number of unbranched alkanes of at least 4 members (excludes halogenated alkanes) is 2. The van der Waals surface area contributed by atoms with Crippen LogP contribution in [0.15, 0.2) is 47.6 Å². The van der Waals surface area contributed by atoms with Gasteiger partial charge in [0.05, 0.1) is 30.5 Å². The van der Waals surface area contributed by atoms with Gasteiger partial charge in [0.1, 0.15) is 0 Å². The highest BCUT2D eigenvalue weighted by Crippen LogP contribution is 2.28. The summed E-state index contributed by atoms with van der Waals surface area (Å²) in [7, 11) is 0. The number of benzene rings is 2. The first-order valence-corrected chi connectivity index (χ1v) is 9.43. The number of hydrogen-bond acceptors (Lipinski definition) is 5. The zero-order valence-corrected chi connectivity index (χ0v) is 15.9. The first-order valence-electron chi connectivity index (χ1n) is 9.43. The highest BCUT2D eigenvalue weighted by molar-refractivity contribution is 5.82. The molecule has 0 atom stereocenters. The van der Waals surface area contributed by atoms with Crippen LogP contribution in [0.5, 0.6) is 11.5 Å². The Morgan fingerprint density at radius 2 is 1.96 bits per heavy atom. The number of nitrogens with one attached hydrogen (secondary N) is 2. The lowest BCUT2D eigenvalue weighted by Gasteiger charge is -2.12. The lowest BCUT2D eigenvalue weighted by atomic mass is 10.2. The monoisotopic (exact) mass is 366 g/mol. The number of imidazole rings is 1. The molecule has 3 aromatic rings. The van der Waals surface area contributed by atoms with Gasteiger partial charge in [-0.05, 0) is 49.2 Å². The van der Waals surface area contributed by atoms with Gasteiger partial charge in [-0.3, -0.25) is 0 Å². The molecule has 0 radical (unpaired) electrons. The van der Waals surface area contributed by atoms with Gasteiger partial charge in [-0.1, -0.05) is 31.9 Å². The number of hydrogen-bond donors (Lipinski definition) is 2. The number of H-pyrrole nitrogens is 1. The summed E-state index contributed by atoms with van der Waals surface area (Å²) in [6.07, 6.45) is 5.13. The Hall–Kier alpha value is -3.02. The zero-order chi connectivity index (χ0) is 18.9. The van der Waals surface area contributed by atoms with Gasteiger partial charge in [-0.15, -0.1) is 0 Å². The number of aromatic nitrogens is 2. The van der Waals surface area contributed by atoms with E-state index in [2.05, 4.69) is 27.4 Å². The maximum absolute atomic E-state index is 5.85. The number of anilines is 1. The Labute approximate surface area is 159 Å². The lowest BCUT2D eigenvalue weighted by Crippen LogP contribution is -2.01. The summed E-state index contributed by atoms with van der Waals surface area (Å²) in [5, 5.41) is 4.26. The summed E-state index contributed by atoms with van der Waals surface area (Å²) < 4.78 is 11.6. The Kier molecular flexibility index (Phi) is 6.68. The van der Waals surface area contributed by atoms with E-state index >= 15 is 0 Å². The van der Waals surface area contributed by atoms with Crippen LogP contribution in [0, 0.1) is 0 Å². The maximum atomic E-state index is 5.85. The molecule has 0 aliphatic carbocycles. The predicted octanol–water partition coefficient (Wildman–Crippen LogP) is 4.98. The second-order valence-electron chi connectivity index (χ2n) is 6.17. The van der Waals surface area contributed by atoms with E-state index in [1.54, 1.807) is 6.21 Å². The highest BCUT2D eigenvalue weighted by Gasteiger charge is 2.06. The molecule has 0 aliphatic heterocycles. The van der Waals surface area contributed by atoms with Crippen LogP contribution >= 0.6 is 0 Å². The molecule has 3 rings (SSSR count). The first-order chi connectivity index (χ1) is 13.3. The van der Waals surface area contributed by atoms with Crippen molar-refractivity contribution in [2.24, 2.45) is 5.10 Å². The van der Waals surface area contributed by atoms with Crippen molar-refractivity contribution in [2.45, 2.75) is 33.1 Å². The van der Waals surface area contributed by atoms with Gasteiger partial charge in [0.2, 0.25) is 5.95 Å². The molecule has 142 valence electrons. The van der Waals surface area contributed by atoms with Gasteiger partial charge in [0.15, 0.2) is 11.5 Å². The number of nitrogens with zero attached hydrogens (tertiary/aromatic N) is 2. The van der Waals surface area contributed by atoms with Crippen molar-refractivity contribution in [3.05, 3.63) is 48.0 Å².